The Bertz CT molecular complexity index is 2750. The number of unbranched alkanes of at least 4 members (excludes halogenated alkanes) is 1. The Balaban J connectivity index is 0.936. The summed E-state index contributed by atoms with van der Waals surface area (Å²) in [6.07, 6.45) is 7.43. The van der Waals surface area contributed by atoms with Crippen molar-refractivity contribution >= 4 is 41.3 Å². The molecule has 8 rings (SSSR count). The molecule has 438 valence electrons. The van der Waals surface area contributed by atoms with Gasteiger partial charge >= 0.3 is 12.1 Å². The van der Waals surface area contributed by atoms with E-state index in [0.29, 0.717) is 66.9 Å². The molecule has 2 unspecified atom stereocenters. The highest BCUT2D eigenvalue weighted by molar-refractivity contribution is 5.98. The molecule has 4 aliphatic carbocycles. The van der Waals surface area contributed by atoms with E-state index in [0.717, 1.165) is 25.7 Å². The number of aliphatic hydroxyl groups excluding tert-OH is 3. The molecule has 4 aromatic rings. The van der Waals surface area contributed by atoms with Crippen LogP contribution in [0.3, 0.4) is 0 Å². The SMILES string of the molecule is CC(CCC(=O)O)C1CC[C@H]2[C@@H]3[C@H](O)C[C@@H]4C[C@@H](NC(=O)CCC(=O)N[C@@H](CCCCNC(=O)OC(C)(C)C)C(=O)Nc5ccccc5[C@@H](Nc5ccccn5)[C@H](c5ccccn5)[C@H](O)c5ccccc5)CC[C@]4(C)[C@H]3C[C@H](O)[C@]12C. The number of hydrogen-bond acceptors (Lipinski definition) is 12. The molecule has 0 radical (unpaired) electrons. The first-order valence-electron chi connectivity index (χ1n) is 29.5. The van der Waals surface area contributed by atoms with Gasteiger partial charge in [-0.15, -0.1) is 0 Å². The molecule has 9 N–H and O–H groups in total. The summed E-state index contributed by atoms with van der Waals surface area (Å²) in [7, 11) is 0. The zero-order valence-electron chi connectivity index (χ0n) is 48.1. The monoisotopic (exact) mass is 1110 g/mol. The van der Waals surface area contributed by atoms with Gasteiger partial charge in [0.2, 0.25) is 17.7 Å². The Hall–Kier alpha value is -6.43. The fourth-order valence-corrected chi connectivity index (χ4v) is 14.9. The van der Waals surface area contributed by atoms with E-state index in [2.05, 4.69) is 52.3 Å². The van der Waals surface area contributed by atoms with Crippen molar-refractivity contribution in [2.24, 2.45) is 46.3 Å². The van der Waals surface area contributed by atoms with Crippen LogP contribution in [-0.4, -0.2) is 96.6 Å². The second-order valence-electron chi connectivity index (χ2n) is 25.1. The van der Waals surface area contributed by atoms with Crippen LogP contribution in [-0.2, 0) is 23.9 Å². The van der Waals surface area contributed by atoms with E-state index in [-0.39, 0.29) is 85.1 Å². The molecule has 0 bridgehead atoms. The average Bonchev–Trinajstić information content (AvgIpc) is 2.72. The minimum atomic E-state index is -1.06. The molecule has 0 saturated heterocycles. The zero-order chi connectivity index (χ0) is 58.1. The summed E-state index contributed by atoms with van der Waals surface area (Å²) in [4.78, 5) is 75.5. The van der Waals surface area contributed by atoms with E-state index in [1.807, 2.05) is 72.8 Å². The lowest BCUT2D eigenvalue weighted by atomic mass is 9.43. The molecule has 0 aliphatic heterocycles. The molecule has 17 nitrogen and oxygen atoms in total. The predicted octanol–water partition coefficient (Wildman–Crippen LogP) is 9.63. The summed E-state index contributed by atoms with van der Waals surface area (Å²) in [5.41, 5.74) is 1.11. The molecular formula is C64H87N7O10. The number of pyridine rings is 2. The highest BCUT2D eigenvalue weighted by Crippen LogP contribution is 2.68. The van der Waals surface area contributed by atoms with Crippen LogP contribution in [0, 0.1) is 46.3 Å². The van der Waals surface area contributed by atoms with E-state index in [9.17, 15) is 44.4 Å². The quantitative estimate of drug-likeness (QED) is 0.0314. The lowest BCUT2D eigenvalue weighted by Crippen LogP contribution is -2.63. The Morgan fingerprint density at radius 3 is 2.19 bits per heavy atom. The molecular weight excluding hydrogens is 1030 g/mol. The summed E-state index contributed by atoms with van der Waals surface area (Å²) >= 11 is 0. The summed E-state index contributed by atoms with van der Waals surface area (Å²) in [6, 6.07) is 25.7. The number of nitrogens with one attached hydrogen (secondary N) is 5. The number of anilines is 2. The molecule has 81 heavy (non-hydrogen) atoms. The smallest absolute Gasteiger partial charge is 0.407 e. The highest BCUT2D eigenvalue weighted by atomic mass is 16.6. The second-order valence-corrected chi connectivity index (χ2v) is 25.1. The van der Waals surface area contributed by atoms with Crippen molar-refractivity contribution in [2.45, 2.75) is 179 Å². The Morgan fingerprint density at radius 2 is 1.48 bits per heavy atom. The van der Waals surface area contributed by atoms with Crippen molar-refractivity contribution in [2.75, 3.05) is 17.2 Å². The molecule has 0 spiro atoms. The van der Waals surface area contributed by atoms with Gasteiger partial charge in [-0.1, -0.05) is 81.4 Å². The largest absolute Gasteiger partial charge is 0.481 e. The Kier molecular flexibility index (Phi) is 20.0. The first-order valence-corrected chi connectivity index (χ1v) is 29.5. The van der Waals surface area contributed by atoms with Crippen molar-refractivity contribution in [3.8, 4) is 0 Å². The summed E-state index contributed by atoms with van der Waals surface area (Å²) in [6.45, 7) is 12.2. The highest BCUT2D eigenvalue weighted by Gasteiger charge is 2.66. The third kappa shape index (κ3) is 14.6. The van der Waals surface area contributed by atoms with Gasteiger partial charge in [-0.05, 0) is 179 Å². The van der Waals surface area contributed by atoms with Crippen molar-refractivity contribution in [1.82, 2.24) is 25.9 Å². The normalized spacial score (nSPS) is 27.8. The topological polar surface area (TPSA) is 261 Å². The van der Waals surface area contributed by atoms with Gasteiger partial charge in [-0.2, -0.15) is 0 Å². The lowest BCUT2D eigenvalue weighted by molar-refractivity contribution is -0.202. The number of hydrogen-bond donors (Lipinski definition) is 9. The van der Waals surface area contributed by atoms with Crippen LogP contribution in [0.4, 0.5) is 16.3 Å². The van der Waals surface area contributed by atoms with Gasteiger partial charge in [0.25, 0.3) is 0 Å². The summed E-state index contributed by atoms with van der Waals surface area (Å²) < 4.78 is 5.40. The van der Waals surface area contributed by atoms with Crippen LogP contribution in [0.1, 0.15) is 166 Å². The minimum absolute atomic E-state index is 0.0464. The van der Waals surface area contributed by atoms with Gasteiger partial charge in [-0.3, -0.25) is 24.2 Å². The molecule has 2 heterocycles. The van der Waals surface area contributed by atoms with Crippen LogP contribution in [0.2, 0.25) is 0 Å². The first-order chi connectivity index (χ1) is 38.7. The lowest BCUT2D eigenvalue weighted by Gasteiger charge is -2.63. The van der Waals surface area contributed by atoms with Gasteiger partial charge in [0, 0.05) is 55.6 Å². The number of aromatic nitrogens is 2. The number of aliphatic carboxylic acids is 1. The fourth-order valence-electron chi connectivity index (χ4n) is 14.9. The molecule has 4 fully saturated rings. The maximum atomic E-state index is 14.7. The van der Waals surface area contributed by atoms with Gasteiger partial charge in [0.1, 0.15) is 17.5 Å². The molecule has 17 heteroatoms. The third-order valence-corrected chi connectivity index (χ3v) is 18.9. The van der Waals surface area contributed by atoms with Gasteiger partial charge in [0.15, 0.2) is 0 Å². The number of aliphatic hydroxyl groups is 3. The fraction of sp³-hybridized carbons (Fsp3) is 0.578. The van der Waals surface area contributed by atoms with E-state index in [4.69, 9.17) is 9.72 Å². The number of carbonyl (C=O) groups excluding carboxylic acids is 4. The van der Waals surface area contributed by atoms with Crippen molar-refractivity contribution in [3.05, 3.63) is 120 Å². The molecule has 4 amide bonds. The number of ether oxygens (including phenoxy) is 1. The number of carboxylic acid groups (broad SMARTS) is 1. The molecule has 2 aromatic heterocycles. The Morgan fingerprint density at radius 1 is 0.778 bits per heavy atom. The van der Waals surface area contributed by atoms with Crippen LogP contribution >= 0.6 is 0 Å². The number of rotatable bonds is 23. The van der Waals surface area contributed by atoms with Crippen LogP contribution in [0.15, 0.2) is 103 Å². The Labute approximate surface area is 477 Å². The molecule has 4 saturated carbocycles. The van der Waals surface area contributed by atoms with Crippen molar-refractivity contribution in [3.63, 3.8) is 0 Å². The van der Waals surface area contributed by atoms with Crippen LogP contribution in [0.5, 0.6) is 0 Å². The number of nitrogens with zero attached hydrogens (tertiary/aromatic N) is 2. The minimum Gasteiger partial charge on any atom is -0.481 e. The van der Waals surface area contributed by atoms with Gasteiger partial charge in [-0.25, -0.2) is 9.78 Å². The maximum Gasteiger partial charge on any atom is 0.407 e. The first kappa shape index (κ1) is 60.7. The number of amides is 4. The summed E-state index contributed by atoms with van der Waals surface area (Å²) in [5, 5.41) is 61.3. The number of carbonyl (C=O) groups is 5. The average molecular weight is 1110 g/mol. The van der Waals surface area contributed by atoms with Crippen molar-refractivity contribution < 1.29 is 49.1 Å². The van der Waals surface area contributed by atoms with E-state index < -0.39 is 71.2 Å². The maximum absolute atomic E-state index is 14.7. The van der Waals surface area contributed by atoms with Crippen molar-refractivity contribution in [1.29, 1.82) is 0 Å². The van der Waals surface area contributed by atoms with E-state index >= 15 is 0 Å². The molecule has 15 atom stereocenters. The number of benzene rings is 2. The van der Waals surface area contributed by atoms with E-state index in [1.165, 1.54) is 0 Å². The molecule has 2 aromatic carbocycles. The number of carboxylic acids is 1. The number of fused-ring (bicyclic) bond motifs is 5. The second kappa shape index (κ2) is 26.7. The molecule has 4 aliphatic rings. The van der Waals surface area contributed by atoms with Gasteiger partial charge < -0.3 is 51.7 Å². The van der Waals surface area contributed by atoms with Crippen LogP contribution in [0.25, 0.3) is 0 Å². The van der Waals surface area contributed by atoms with Crippen LogP contribution < -0.4 is 26.6 Å². The predicted molar refractivity (Wildman–Crippen MR) is 309 cm³/mol. The van der Waals surface area contributed by atoms with Gasteiger partial charge in [0.05, 0.1) is 30.3 Å². The number of para-hydroxylation sites is 1. The summed E-state index contributed by atoms with van der Waals surface area (Å²) in [5.74, 6) is -1.46. The van der Waals surface area contributed by atoms with E-state index in [1.54, 1.807) is 51.4 Å². The standard InChI is InChI=1S/C64H87N7O10/c1-39(25-30-55(76)77)44-26-27-45-56-46(38-51(73)64(44,45)6)63(5)32-31-42(36-41(63)37-50(56)72)68-53(74)28-29-54(75)69-49(23-13-16-35-67-61(80)81-62(2,3)4)60(79)70-47-21-11-10-20-43(47)58(71-52-24-14-17-34-66-52)57(48-22-12-15-33-65-48)59(78)40-18-8-7-9-19-40/h7-12,14-15,17-22,24,33-34,39,41-42,44-46,49-51,56-59,72-73,78H,13,16,23,25-32,35-38H2,1-6H3,(H,66,71)(H,67,80)(H,68,74)(H,69,75)(H,70,79)(H,76,77)/t39?,41-,42-,44?,45-,46-,49-,50+,51-,56-,57-,58+,59+,63-,64+/m0/s1. The zero-order valence-corrected chi connectivity index (χ0v) is 48.1. The third-order valence-electron chi connectivity index (χ3n) is 18.9. The number of alkyl carbamates (subject to hydrolysis) is 1.